The number of pyridine rings is 4. The Hall–Kier alpha value is -5.22. The molecule has 0 fully saturated rings. The van der Waals surface area contributed by atoms with E-state index < -0.39 is 0 Å². The Balaban J connectivity index is 1.14. The molecule has 4 aliphatic rings. The highest BCUT2D eigenvalue weighted by Crippen LogP contribution is 2.44. The summed E-state index contributed by atoms with van der Waals surface area (Å²) in [6, 6.07) is 26.4. The van der Waals surface area contributed by atoms with Crippen molar-refractivity contribution in [2.45, 2.75) is 117 Å². The molecular weight excluding hydrogens is 681 g/mol. The number of fused-ring (bicyclic) bond motifs is 9. The molecule has 4 aromatic heterocycles. The summed E-state index contributed by atoms with van der Waals surface area (Å²) in [6.07, 6.45) is 22.6. The molecular formula is C52H52N4. The van der Waals surface area contributed by atoms with Gasteiger partial charge in [-0.15, -0.1) is 0 Å². The SMILES string of the molecule is CCCCc1c2c(nc3c1CCc1cc4cc5c(nc4nc1-3)-c1nc3c(c(CCCC)c1CC5)CCC/C3=C\c1ccccc1)/C(=C/c1ccccc1)CCC2. The van der Waals surface area contributed by atoms with Crippen molar-refractivity contribution < 1.29 is 0 Å². The highest BCUT2D eigenvalue weighted by Gasteiger charge is 2.32. The first-order chi connectivity index (χ1) is 27.7. The Morgan fingerprint density at radius 1 is 0.464 bits per heavy atom. The van der Waals surface area contributed by atoms with Crippen molar-refractivity contribution in [2.75, 3.05) is 0 Å². The number of rotatable bonds is 8. The first kappa shape index (κ1) is 35.2. The molecule has 280 valence electrons. The lowest BCUT2D eigenvalue weighted by atomic mass is 9.79. The van der Waals surface area contributed by atoms with Crippen LogP contribution in [0.4, 0.5) is 0 Å². The smallest absolute Gasteiger partial charge is 0.160 e. The van der Waals surface area contributed by atoms with Gasteiger partial charge in [-0.2, -0.15) is 0 Å². The van der Waals surface area contributed by atoms with Crippen LogP contribution in [0.25, 0.3) is 57.1 Å². The Labute approximate surface area is 332 Å². The lowest BCUT2D eigenvalue weighted by Crippen LogP contribution is -2.18. The van der Waals surface area contributed by atoms with Gasteiger partial charge in [0.2, 0.25) is 0 Å². The molecule has 0 radical (unpaired) electrons. The molecule has 4 heteroatoms. The van der Waals surface area contributed by atoms with Crippen LogP contribution in [-0.2, 0) is 51.4 Å². The Bertz CT molecular complexity index is 2370. The van der Waals surface area contributed by atoms with Gasteiger partial charge in [-0.05, 0) is 181 Å². The van der Waals surface area contributed by atoms with Crippen LogP contribution in [0.2, 0.25) is 0 Å². The summed E-state index contributed by atoms with van der Waals surface area (Å²) in [4.78, 5) is 22.3. The maximum atomic E-state index is 5.63. The average Bonchev–Trinajstić information content (AvgIpc) is 3.23. The normalized spacial score (nSPS) is 16.9. The lowest BCUT2D eigenvalue weighted by molar-refractivity contribution is 0.737. The van der Waals surface area contributed by atoms with Crippen LogP contribution >= 0.6 is 0 Å². The van der Waals surface area contributed by atoms with Crippen molar-refractivity contribution in [3.63, 3.8) is 0 Å². The summed E-state index contributed by atoms with van der Waals surface area (Å²) in [5.74, 6) is 0. The molecule has 0 N–H and O–H groups in total. The van der Waals surface area contributed by atoms with Crippen LogP contribution in [-0.4, -0.2) is 19.9 Å². The zero-order chi connectivity index (χ0) is 37.6. The molecule has 4 aliphatic carbocycles. The van der Waals surface area contributed by atoms with E-state index >= 15 is 0 Å². The number of benzene rings is 2. The Morgan fingerprint density at radius 3 is 1.36 bits per heavy atom. The number of aromatic nitrogens is 4. The fraction of sp³-hybridized carbons (Fsp3) is 0.346. The fourth-order valence-corrected chi connectivity index (χ4v) is 10.2. The predicted octanol–water partition coefficient (Wildman–Crippen LogP) is 12.4. The zero-order valence-electron chi connectivity index (χ0n) is 33.2. The fourth-order valence-electron chi connectivity index (χ4n) is 10.2. The highest BCUT2D eigenvalue weighted by atomic mass is 14.9. The second kappa shape index (κ2) is 15.0. The van der Waals surface area contributed by atoms with Gasteiger partial charge in [0.05, 0.1) is 34.2 Å². The second-order valence-electron chi connectivity index (χ2n) is 16.6. The van der Waals surface area contributed by atoms with Crippen LogP contribution in [0, 0.1) is 0 Å². The van der Waals surface area contributed by atoms with Gasteiger partial charge in [0.1, 0.15) is 0 Å². The first-order valence-electron chi connectivity index (χ1n) is 21.6. The molecule has 6 aromatic rings. The molecule has 0 unspecified atom stereocenters. The lowest BCUT2D eigenvalue weighted by Gasteiger charge is -2.29. The maximum absolute atomic E-state index is 5.63. The Morgan fingerprint density at radius 2 is 0.911 bits per heavy atom. The number of aryl methyl sites for hydroxylation is 2. The van der Waals surface area contributed by atoms with E-state index in [1.54, 1.807) is 11.1 Å². The van der Waals surface area contributed by atoms with Crippen molar-refractivity contribution in [1.82, 2.24) is 19.9 Å². The summed E-state index contributed by atoms with van der Waals surface area (Å²) in [7, 11) is 0. The predicted molar refractivity (Wildman–Crippen MR) is 233 cm³/mol. The summed E-state index contributed by atoms with van der Waals surface area (Å²) in [5, 5.41) is 1.15. The van der Waals surface area contributed by atoms with Gasteiger partial charge in [-0.1, -0.05) is 87.4 Å². The van der Waals surface area contributed by atoms with E-state index in [0.29, 0.717) is 0 Å². The average molecular weight is 733 g/mol. The minimum Gasteiger partial charge on any atom is -0.246 e. The standard InChI is InChI=1S/C52H52N4/c1-3-5-21-40-42-23-13-19-35(29-33-15-9-7-10-16-33)46(42)53-50-44(40)27-25-37-31-39-32-38-26-28-45-41(22-6-4-2)43-24-14-20-36(30-34-17-11-8-12-18-34)47(43)54-51(45)49(38)56-52(39)55-48(37)50/h7-12,15-18,29-32H,3-6,13-14,19-28H2,1-2H3/b35-29+,36-30+. The van der Waals surface area contributed by atoms with E-state index in [1.807, 2.05) is 0 Å². The minimum absolute atomic E-state index is 0.826. The van der Waals surface area contributed by atoms with Gasteiger partial charge in [0, 0.05) is 5.39 Å². The van der Waals surface area contributed by atoms with Crippen LogP contribution in [0.3, 0.4) is 0 Å². The number of allylic oxidation sites excluding steroid dienone is 2. The third-order valence-electron chi connectivity index (χ3n) is 12.9. The van der Waals surface area contributed by atoms with Gasteiger partial charge < -0.3 is 0 Å². The van der Waals surface area contributed by atoms with Crippen LogP contribution in [0.5, 0.6) is 0 Å². The van der Waals surface area contributed by atoms with Crippen molar-refractivity contribution in [3.05, 3.63) is 140 Å². The van der Waals surface area contributed by atoms with Crippen molar-refractivity contribution in [1.29, 1.82) is 0 Å². The zero-order valence-corrected chi connectivity index (χ0v) is 33.2. The van der Waals surface area contributed by atoms with Crippen molar-refractivity contribution in [3.8, 4) is 22.8 Å². The molecule has 0 aliphatic heterocycles. The molecule has 4 nitrogen and oxygen atoms in total. The van der Waals surface area contributed by atoms with Crippen LogP contribution in [0.15, 0.2) is 72.8 Å². The monoisotopic (exact) mass is 732 g/mol. The van der Waals surface area contributed by atoms with E-state index in [0.717, 1.165) is 98.0 Å². The number of nitrogens with zero attached hydrogens (tertiary/aromatic N) is 4. The quantitative estimate of drug-likeness (QED) is 0.156. The van der Waals surface area contributed by atoms with Gasteiger partial charge in [0.15, 0.2) is 5.65 Å². The highest BCUT2D eigenvalue weighted by molar-refractivity contribution is 5.89. The summed E-state index contributed by atoms with van der Waals surface area (Å²) in [5.41, 5.74) is 24.4. The summed E-state index contributed by atoms with van der Waals surface area (Å²) in [6.45, 7) is 4.62. The van der Waals surface area contributed by atoms with E-state index in [4.69, 9.17) is 19.9 Å². The molecule has 0 saturated carbocycles. The maximum Gasteiger partial charge on any atom is 0.160 e. The van der Waals surface area contributed by atoms with E-state index in [9.17, 15) is 0 Å². The van der Waals surface area contributed by atoms with Gasteiger partial charge >= 0.3 is 0 Å². The topological polar surface area (TPSA) is 51.6 Å². The van der Waals surface area contributed by atoms with E-state index in [1.165, 1.54) is 106 Å². The number of hydrogen-bond acceptors (Lipinski definition) is 4. The molecule has 0 atom stereocenters. The molecule has 10 rings (SSSR count). The second-order valence-corrected chi connectivity index (χ2v) is 16.6. The molecule has 4 heterocycles. The molecule has 2 aromatic carbocycles. The largest absolute Gasteiger partial charge is 0.246 e. The van der Waals surface area contributed by atoms with E-state index in [2.05, 4.69) is 98.8 Å². The van der Waals surface area contributed by atoms with Gasteiger partial charge in [-0.3, -0.25) is 0 Å². The van der Waals surface area contributed by atoms with Crippen LogP contribution in [0.1, 0.15) is 132 Å². The number of hydrogen-bond donors (Lipinski definition) is 0. The first-order valence-corrected chi connectivity index (χ1v) is 21.6. The number of unbranched alkanes of at least 4 members (excludes halogenated alkanes) is 2. The van der Waals surface area contributed by atoms with Gasteiger partial charge in [0.25, 0.3) is 0 Å². The van der Waals surface area contributed by atoms with Gasteiger partial charge in [-0.25, -0.2) is 19.9 Å². The van der Waals surface area contributed by atoms with Crippen molar-refractivity contribution >= 4 is 34.3 Å². The summed E-state index contributed by atoms with van der Waals surface area (Å²) < 4.78 is 0. The Kier molecular flexibility index (Phi) is 9.45. The summed E-state index contributed by atoms with van der Waals surface area (Å²) >= 11 is 0. The molecule has 56 heavy (non-hydrogen) atoms. The van der Waals surface area contributed by atoms with Crippen molar-refractivity contribution in [2.24, 2.45) is 0 Å². The molecule has 0 spiro atoms. The molecule has 0 saturated heterocycles. The third-order valence-corrected chi connectivity index (χ3v) is 12.9. The molecule has 0 bridgehead atoms. The minimum atomic E-state index is 0.826. The third kappa shape index (κ3) is 6.32. The van der Waals surface area contributed by atoms with Crippen LogP contribution < -0.4 is 0 Å². The van der Waals surface area contributed by atoms with E-state index in [-0.39, 0.29) is 0 Å². The molecule has 0 amide bonds.